The van der Waals surface area contributed by atoms with E-state index >= 15 is 0 Å². The number of hydrogen-bond donors (Lipinski definition) is 2. The van der Waals surface area contributed by atoms with Crippen molar-refractivity contribution < 1.29 is 9.59 Å². The number of nitrogens with one attached hydrogen (secondary N) is 2. The average molecular weight is 634 g/mol. The van der Waals surface area contributed by atoms with Crippen LogP contribution in [0.4, 0.5) is 17.3 Å². The molecule has 6 nitrogen and oxygen atoms in total. The molecule has 0 saturated carbocycles. The number of anilines is 3. The largest absolute Gasteiger partial charge is 0.324 e. The van der Waals surface area contributed by atoms with E-state index in [0.29, 0.717) is 39.0 Å². The quantitative estimate of drug-likeness (QED) is 0.172. The molecule has 204 valence electrons. The van der Waals surface area contributed by atoms with Gasteiger partial charge in [0.2, 0.25) is 5.95 Å². The molecule has 8 heteroatoms. The van der Waals surface area contributed by atoms with Gasteiger partial charge in [-0.2, -0.15) is 0 Å². The summed E-state index contributed by atoms with van der Waals surface area (Å²) in [7, 11) is 0. The molecular weight excluding hydrogens is 612 g/mol. The van der Waals surface area contributed by atoms with Crippen molar-refractivity contribution in [1.29, 1.82) is 0 Å². The van der Waals surface area contributed by atoms with Crippen molar-refractivity contribution in [2.75, 3.05) is 10.6 Å². The van der Waals surface area contributed by atoms with Crippen molar-refractivity contribution in [2.45, 2.75) is 0 Å². The Kier molecular flexibility index (Phi) is 7.77. The van der Waals surface area contributed by atoms with E-state index in [2.05, 4.69) is 26.6 Å². The average Bonchev–Trinajstić information content (AvgIpc) is 3.02. The number of fused-ring (bicyclic) bond motifs is 1. The summed E-state index contributed by atoms with van der Waals surface area (Å²) in [6.07, 6.45) is 0. The molecule has 0 aliphatic carbocycles. The fraction of sp³-hybridized carbons (Fsp3) is 0. The molecule has 0 fully saturated rings. The van der Waals surface area contributed by atoms with E-state index in [1.165, 1.54) is 0 Å². The van der Waals surface area contributed by atoms with Crippen LogP contribution in [0.15, 0.2) is 126 Å². The van der Waals surface area contributed by atoms with Crippen molar-refractivity contribution in [2.24, 2.45) is 0 Å². The van der Waals surface area contributed by atoms with Gasteiger partial charge in [0.05, 0.1) is 16.9 Å². The third-order valence-corrected chi connectivity index (χ3v) is 7.32. The number of ketones is 1. The Morgan fingerprint density at radius 2 is 1.45 bits per heavy atom. The van der Waals surface area contributed by atoms with Crippen molar-refractivity contribution in [3.63, 3.8) is 0 Å². The summed E-state index contributed by atoms with van der Waals surface area (Å²) >= 11 is 9.76. The fourth-order valence-corrected chi connectivity index (χ4v) is 5.13. The van der Waals surface area contributed by atoms with Crippen LogP contribution >= 0.6 is 27.5 Å². The zero-order valence-corrected chi connectivity index (χ0v) is 24.4. The predicted octanol–water partition coefficient (Wildman–Crippen LogP) is 8.94. The monoisotopic (exact) mass is 632 g/mol. The van der Waals surface area contributed by atoms with Gasteiger partial charge in [-0.05, 0) is 54.6 Å². The summed E-state index contributed by atoms with van der Waals surface area (Å²) in [6, 6.07) is 36.5. The lowest BCUT2D eigenvalue weighted by Gasteiger charge is -2.13. The van der Waals surface area contributed by atoms with Gasteiger partial charge in [0, 0.05) is 42.8 Å². The third-order valence-electron chi connectivity index (χ3n) is 6.60. The number of carbonyl (C=O) groups excluding carboxylic acids is 2. The van der Waals surface area contributed by atoms with Crippen LogP contribution in [0.3, 0.4) is 0 Å². The SMILES string of the molecule is O=C(Nc1ccc(Cl)cc1C(=O)c1ccccc1)c1cccc(Nc2nc(-c3ccccc3)c3cc(Br)ccc3n2)c1. The van der Waals surface area contributed by atoms with Crippen molar-refractivity contribution in [3.8, 4) is 11.3 Å². The molecule has 6 aromatic rings. The molecule has 0 radical (unpaired) electrons. The molecule has 0 unspecified atom stereocenters. The maximum Gasteiger partial charge on any atom is 0.255 e. The van der Waals surface area contributed by atoms with Crippen molar-refractivity contribution >= 4 is 67.4 Å². The number of benzene rings is 5. The summed E-state index contributed by atoms with van der Waals surface area (Å²) in [5.41, 5.74) is 4.73. The Morgan fingerprint density at radius 3 is 2.24 bits per heavy atom. The zero-order valence-electron chi connectivity index (χ0n) is 22.0. The van der Waals surface area contributed by atoms with Gasteiger partial charge < -0.3 is 10.6 Å². The Bertz CT molecular complexity index is 1950. The first-order chi connectivity index (χ1) is 20.4. The number of carbonyl (C=O) groups is 2. The molecule has 0 atom stereocenters. The number of aromatic nitrogens is 2. The normalized spacial score (nSPS) is 10.8. The van der Waals surface area contributed by atoms with Gasteiger partial charge in [0.25, 0.3) is 5.91 Å². The highest BCUT2D eigenvalue weighted by Crippen LogP contribution is 2.31. The smallest absolute Gasteiger partial charge is 0.255 e. The molecule has 42 heavy (non-hydrogen) atoms. The van der Waals surface area contributed by atoms with E-state index in [-0.39, 0.29) is 11.7 Å². The molecule has 0 aliphatic heterocycles. The molecule has 0 bridgehead atoms. The van der Waals surface area contributed by atoms with Crippen LogP contribution in [0.5, 0.6) is 0 Å². The van der Waals surface area contributed by atoms with Gasteiger partial charge >= 0.3 is 0 Å². The Balaban J connectivity index is 1.29. The Labute approximate surface area is 255 Å². The standard InChI is InChI=1S/C34H22BrClN4O2/c35-24-14-16-29-27(19-24)31(21-8-3-1-4-9-21)40-34(39-29)37-26-13-7-12-23(18-26)33(42)38-30-17-15-25(36)20-28(30)32(41)22-10-5-2-6-11-22/h1-20H,(H,38,42)(H,37,39,40). The van der Waals surface area contributed by atoms with Crippen LogP contribution in [0.2, 0.25) is 5.02 Å². The Hall–Kier alpha value is -4.85. The molecule has 6 rings (SSSR count). The molecule has 2 N–H and O–H groups in total. The minimum atomic E-state index is -0.377. The van der Waals surface area contributed by atoms with E-state index in [1.807, 2.05) is 60.7 Å². The summed E-state index contributed by atoms with van der Waals surface area (Å²) < 4.78 is 0.935. The van der Waals surface area contributed by atoms with Gasteiger partial charge in [-0.1, -0.05) is 94.3 Å². The first-order valence-corrected chi connectivity index (χ1v) is 14.2. The molecular formula is C34H22BrClN4O2. The predicted molar refractivity (Wildman–Crippen MR) is 172 cm³/mol. The lowest BCUT2D eigenvalue weighted by atomic mass is 10.0. The highest BCUT2D eigenvalue weighted by molar-refractivity contribution is 9.10. The van der Waals surface area contributed by atoms with Crippen molar-refractivity contribution in [3.05, 3.63) is 148 Å². The molecule has 5 aromatic carbocycles. The minimum Gasteiger partial charge on any atom is -0.324 e. The second kappa shape index (κ2) is 11.9. The topological polar surface area (TPSA) is 84.0 Å². The fourth-order valence-electron chi connectivity index (χ4n) is 4.59. The first kappa shape index (κ1) is 27.3. The molecule has 0 saturated heterocycles. The summed E-state index contributed by atoms with van der Waals surface area (Å²) in [6.45, 7) is 0. The minimum absolute atomic E-state index is 0.237. The van der Waals surface area contributed by atoms with Gasteiger partial charge in [-0.15, -0.1) is 0 Å². The van der Waals surface area contributed by atoms with Gasteiger partial charge in [-0.3, -0.25) is 9.59 Å². The molecule has 1 aromatic heterocycles. The van der Waals surface area contributed by atoms with Crippen LogP contribution in [0.25, 0.3) is 22.2 Å². The maximum absolute atomic E-state index is 13.3. The molecule has 0 aliphatic rings. The second-order valence-corrected chi connectivity index (χ2v) is 10.8. The highest BCUT2D eigenvalue weighted by atomic mass is 79.9. The van der Waals surface area contributed by atoms with E-state index < -0.39 is 0 Å². The first-order valence-electron chi connectivity index (χ1n) is 13.0. The van der Waals surface area contributed by atoms with Gasteiger partial charge in [0.1, 0.15) is 0 Å². The van der Waals surface area contributed by atoms with Gasteiger partial charge in [0.15, 0.2) is 5.78 Å². The van der Waals surface area contributed by atoms with Crippen LogP contribution in [-0.4, -0.2) is 21.7 Å². The number of rotatable bonds is 7. The molecule has 1 heterocycles. The second-order valence-electron chi connectivity index (χ2n) is 9.47. The third kappa shape index (κ3) is 5.93. The van der Waals surface area contributed by atoms with Crippen LogP contribution in [0, 0.1) is 0 Å². The molecule has 1 amide bonds. The number of nitrogens with zero attached hydrogens (tertiary/aromatic N) is 2. The summed E-state index contributed by atoms with van der Waals surface area (Å²) in [5.74, 6) is -0.217. The van der Waals surface area contributed by atoms with Crippen LogP contribution in [-0.2, 0) is 0 Å². The lowest BCUT2D eigenvalue weighted by Crippen LogP contribution is -2.15. The van der Waals surface area contributed by atoms with Crippen molar-refractivity contribution in [1.82, 2.24) is 9.97 Å². The highest BCUT2D eigenvalue weighted by Gasteiger charge is 2.17. The van der Waals surface area contributed by atoms with E-state index in [0.717, 1.165) is 26.6 Å². The molecule has 0 spiro atoms. The summed E-state index contributed by atoms with van der Waals surface area (Å²) in [5, 5.41) is 7.44. The van der Waals surface area contributed by atoms with E-state index in [4.69, 9.17) is 21.6 Å². The summed E-state index contributed by atoms with van der Waals surface area (Å²) in [4.78, 5) is 36.1. The number of amides is 1. The van der Waals surface area contributed by atoms with Crippen LogP contribution < -0.4 is 10.6 Å². The zero-order chi connectivity index (χ0) is 29.1. The lowest BCUT2D eigenvalue weighted by molar-refractivity contribution is 0.102. The number of hydrogen-bond acceptors (Lipinski definition) is 5. The van der Waals surface area contributed by atoms with E-state index in [9.17, 15) is 9.59 Å². The van der Waals surface area contributed by atoms with Crippen LogP contribution in [0.1, 0.15) is 26.3 Å². The van der Waals surface area contributed by atoms with Gasteiger partial charge in [-0.25, -0.2) is 9.97 Å². The Morgan fingerprint density at radius 1 is 0.714 bits per heavy atom. The van der Waals surface area contributed by atoms with E-state index in [1.54, 1.807) is 60.7 Å². The number of halogens is 2. The maximum atomic E-state index is 13.3.